The molecular formula is C13H15N3O. The van der Waals surface area contributed by atoms with Crippen LogP contribution in [0.3, 0.4) is 0 Å². The summed E-state index contributed by atoms with van der Waals surface area (Å²) in [5.41, 5.74) is 14.7. The minimum atomic E-state index is 0.565. The van der Waals surface area contributed by atoms with Crippen LogP contribution in [0.15, 0.2) is 36.5 Å². The molecule has 0 spiro atoms. The first kappa shape index (κ1) is 11.3. The molecule has 0 amide bonds. The first-order valence-electron chi connectivity index (χ1n) is 5.33. The monoisotopic (exact) mass is 229 g/mol. The summed E-state index contributed by atoms with van der Waals surface area (Å²) in [5.74, 6) is 0.738. The number of hydrogen-bond acceptors (Lipinski definition) is 4. The van der Waals surface area contributed by atoms with E-state index >= 15 is 0 Å². The van der Waals surface area contributed by atoms with E-state index < -0.39 is 0 Å². The maximum atomic E-state index is 5.97. The van der Waals surface area contributed by atoms with E-state index in [9.17, 15) is 0 Å². The van der Waals surface area contributed by atoms with Crippen molar-refractivity contribution in [1.82, 2.24) is 4.98 Å². The molecule has 0 atom stereocenters. The minimum absolute atomic E-state index is 0.565. The van der Waals surface area contributed by atoms with Crippen LogP contribution in [0.1, 0.15) is 11.3 Å². The van der Waals surface area contributed by atoms with Gasteiger partial charge in [-0.1, -0.05) is 6.07 Å². The van der Waals surface area contributed by atoms with Gasteiger partial charge in [-0.05, 0) is 24.3 Å². The van der Waals surface area contributed by atoms with Crippen molar-refractivity contribution in [2.45, 2.75) is 6.42 Å². The van der Waals surface area contributed by atoms with Gasteiger partial charge in [0.05, 0.1) is 18.5 Å². The molecule has 4 N–H and O–H groups in total. The number of ether oxygens (including phenoxy) is 1. The highest BCUT2D eigenvalue weighted by molar-refractivity contribution is 5.71. The van der Waals surface area contributed by atoms with Crippen LogP contribution in [-0.4, -0.2) is 12.1 Å². The van der Waals surface area contributed by atoms with Crippen molar-refractivity contribution in [3.63, 3.8) is 0 Å². The molecule has 1 heterocycles. The molecule has 0 saturated heterocycles. The van der Waals surface area contributed by atoms with Crippen LogP contribution < -0.4 is 16.2 Å². The second-order valence-corrected chi connectivity index (χ2v) is 3.75. The number of anilines is 2. The molecule has 1 aromatic carbocycles. The van der Waals surface area contributed by atoms with Gasteiger partial charge in [0.25, 0.3) is 0 Å². The lowest BCUT2D eigenvalue weighted by atomic mass is 10.0. The van der Waals surface area contributed by atoms with Crippen LogP contribution in [0.2, 0.25) is 0 Å². The summed E-state index contributed by atoms with van der Waals surface area (Å²) in [4.78, 5) is 4.27. The second kappa shape index (κ2) is 4.74. The summed E-state index contributed by atoms with van der Waals surface area (Å²) in [6, 6.07) is 9.34. The number of nitrogen functional groups attached to an aromatic ring is 2. The molecule has 0 unspecified atom stereocenters. The number of nitrogens with zero attached hydrogens (tertiary/aromatic N) is 1. The number of hydrogen-bond donors (Lipinski definition) is 2. The van der Waals surface area contributed by atoms with Gasteiger partial charge in [-0.15, -0.1) is 0 Å². The first-order chi connectivity index (χ1) is 8.22. The SMILES string of the molecule is COc1ccc(N)c(N)c1Cc1ccccn1. The third kappa shape index (κ3) is 2.30. The largest absolute Gasteiger partial charge is 0.496 e. The lowest BCUT2D eigenvalue weighted by Gasteiger charge is -2.12. The van der Waals surface area contributed by atoms with Gasteiger partial charge < -0.3 is 16.2 Å². The van der Waals surface area contributed by atoms with E-state index in [2.05, 4.69) is 4.98 Å². The van der Waals surface area contributed by atoms with Crippen molar-refractivity contribution in [3.8, 4) is 5.75 Å². The fourth-order valence-corrected chi connectivity index (χ4v) is 1.72. The highest BCUT2D eigenvalue weighted by Crippen LogP contribution is 2.30. The number of pyridine rings is 1. The number of methoxy groups -OCH3 is 1. The van der Waals surface area contributed by atoms with E-state index in [1.165, 1.54) is 0 Å². The quantitative estimate of drug-likeness (QED) is 0.788. The third-order valence-corrected chi connectivity index (χ3v) is 2.65. The Morgan fingerprint density at radius 2 is 2.00 bits per heavy atom. The Bertz CT molecular complexity index is 512. The molecule has 88 valence electrons. The lowest BCUT2D eigenvalue weighted by Crippen LogP contribution is -2.04. The fourth-order valence-electron chi connectivity index (χ4n) is 1.72. The van der Waals surface area contributed by atoms with Crippen molar-refractivity contribution < 1.29 is 4.74 Å². The number of benzene rings is 1. The number of nitrogens with two attached hydrogens (primary N) is 2. The predicted molar refractivity (Wildman–Crippen MR) is 68.9 cm³/mol. The zero-order valence-electron chi connectivity index (χ0n) is 9.68. The lowest BCUT2D eigenvalue weighted by molar-refractivity contribution is 0.411. The Kier molecular flexibility index (Phi) is 3.14. The zero-order chi connectivity index (χ0) is 12.3. The van der Waals surface area contributed by atoms with E-state index in [-0.39, 0.29) is 0 Å². The third-order valence-electron chi connectivity index (χ3n) is 2.65. The van der Waals surface area contributed by atoms with Gasteiger partial charge >= 0.3 is 0 Å². The second-order valence-electron chi connectivity index (χ2n) is 3.75. The van der Waals surface area contributed by atoms with Crippen LogP contribution >= 0.6 is 0 Å². The average Bonchev–Trinajstić information content (AvgIpc) is 2.37. The van der Waals surface area contributed by atoms with Gasteiger partial charge in [-0.25, -0.2) is 0 Å². The molecule has 17 heavy (non-hydrogen) atoms. The molecule has 4 heteroatoms. The zero-order valence-corrected chi connectivity index (χ0v) is 9.68. The summed E-state index contributed by atoms with van der Waals surface area (Å²) < 4.78 is 5.29. The Morgan fingerprint density at radius 1 is 1.18 bits per heavy atom. The Balaban J connectivity index is 2.41. The maximum absolute atomic E-state index is 5.97. The average molecular weight is 229 g/mol. The van der Waals surface area contributed by atoms with Crippen molar-refractivity contribution in [3.05, 3.63) is 47.8 Å². The molecule has 4 nitrogen and oxygen atoms in total. The van der Waals surface area contributed by atoms with Crippen molar-refractivity contribution in [2.24, 2.45) is 0 Å². The standard InChI is InChI=1S/C13H15N3O/c1-17-12-6-5-11(14)13(15)10(12)8-9-4-2-3-7-16-9/h2-7H,8,14-15H2,1H3. The molecule has 1 aromatic heterocycles. The molecule has 0 aliphatic carbocycles. The predicted octanol–water partition coefficient (Wildman–Crippen LogP) is 1.85. The Labute approximate surface area is 100 Å². The summed E-state index contributed by atoms with van der Waals surface area (Å²) in [7, 11) is 1.62. The highest BCUT2D eigenvalue weighted by Gasteiger charge is 2.11. The van der Waals surface area contributed by atoms with E-state index in [4.69, 9.17) is 16.2 Å². The van der Waals surface area contributed by atoms with Gasteiger partial charge in [0.2, 0.25) is 0 Å². The van der Waals surface area contributed by atoms with E-state index in [0.29, 0.717) is 17.8 Å². The normalized spacial score (nSPS) is 10.2. The van der Waals surface area contributed by atoms with Crippen molar-refractivity contribution in [1.29, 1.82) is 0 Å². The van der Waals surface area contributed by atoms with Gasteiger partial charge in [0.1, 0.15) is 5.75 Å². The molecule has 0 radical (unpaired) electrons. The summed E-state index contributed by atoms with van der Waals surface area (Å²) in [5, 5.41) is 0. The molecular weight excluding hydrogens is 214 g/mol. The van der Waals surface area contributed by atoms with Gasteiger partial charge in [0, 0.05) is 23.9 Å². The maximum Gasteiger partial charge on any atom is 0.124 e. The van der Waals surface area contributed by atoms with Gasteiger partial charge in [-0.3, -0.25) is 4.98 Å². The highest BCUT2D eigenvalue weighted by atomic mass is 16.5. The topological polar surface area (TPSA) is 74.2 Å². The van der Waals surface area contributed by atoms with E-state index in [1.54, 1.807) is 19.4 Å². The van der Waals surface area contributed by atoms with Crippen molar-refractivity contribution >= 4 is 11.4 Å². The van der Waals surface area contributed by atoms with E-state index in [1.807, 2.05) is 24.3 Å². The Morgan fingerprint density at radius 3 is 2.65 bits per heavy atom. The minimum Gasteiger partial charge on any atom is -0.496 e. The molecule has 0 aliphatic heterocycles. The fraction of sp³-hybridized carbons (Fsp3) is 0.154. The van der Waals surface area contributed by atoms with Crippen LogP contribution in [0.5, 0.6) is 5.75 Å². The van der Waals surface area contributed by atoms with Crippen LogP contribution in [0.25, 0.3) is 0 Å². The molecule has 2 aromatic rings. The van der Waals surface area contributed by atoms with Crippen molar-refractivity contribution in [2.75, 3.05) is 18.6 Å². The Hall–Kier alpha value is -2.23. The van der Waals surface area contributed by atoms with Crippen LogP contribution in [0.4, 0.5) is 11.4 Å². The summed E-state index contributed by atoms with van der Waals surface area (Å²) in [6.07, 6.45) is 2.37. The number of aromatic nitrogens is 1. The summed E-state index contributed by atoms with van der Waals surface area (Å²) in [6.45, 7) is 0. The van der Waals surface area contributed by atoms with Gasteiger partial charge in [-0.2, -0.15) is 0 Å². The smallest absolute Gasteiger partial charge is 0.124 e. The van der Waals surface area contributed by atoms with Crippen LogP contribution in [0, 0.1) is 0 Å². The van der Waals surface area contributed by atoms with Gasteiger partial charge in [0.15, 0.2) is 0 Å². The van der Waals surface area contributed by atoms with E-state index in [0.717, 1.165) is 17.0 Å². The molecule has 0 bridgehead atoms. The first-order valence-corrected chi connectivity index (χ1v) is 5.33. The molecule has 0 saturated carbocycles. The number of rotatable bonds is 3. The molecule has 0 fully saturated rings. The molecule has 2 rings (SSSR count). The summed E-state index contributed by atoms with van der Waals surface area (Å²) >= 11 is 0. The van der Waals surface area contributed by atoms with Crippen LogP contribution in [-0.2, 0) is 6.42 Å². The molecule has 0 aliphatic rings.